The molecular formula is C14H17F2N. The summed E-state index contributed by atoms with van der Waals surface area (Å²) < 4.78 is 26.1. The average molecular weight is 237 g/mol. The van der Waals surface area contributed by atoms with Gasteiger partial charge in [-0.05, 0) is 54.8 Å². The molecule has 17 heavy (non-hydrogen) atoms. The highest BCUT2D eigenvalue weighted by Crippen LogP contribution is 2.53. The zero-order chi connectivity index (χ0) is 12.0. The van der Waals surface area contributed by atoms with Crippen LogP contribution in [-0.2, 0) is 5.41 Å². The molecule has 0 bridgehead atoms. The Morgan fingerprint density at radius 3 is 2.71 bits per heavy atom. The van der Waals surface area contributed by atoms with Crippen molar-refractivity contribution in [2.24, 2.45) is 5.92 Å². The predicted molar refractivity (Wildman–Crippen MR) is 62.8 cm³/mol. The van der Waals surface area contributed by atoms with E-state index in [1.165, 1.54) is 25.0 Å². The molecule has 3 heteroatoms. The molecule has 2 atom stereocenters. The molecule has 2 aliphatic carbocycles. The van der Waals surface area contributed by atoms with Gasteiger partial charge in [-0.1, -0.05) is 13.0 Å². The molecule has 2 unspecified atom stereocenters. The second-order valence-corrected chi connectivity index (χ2v) is 5.63. The first kappa shape index (κ1) is 11.1. The molecule has 1 nitrogen and oxygen atoms in total. The topological polar surface area (TPSA) is 12.0 Å². The summed E-state index contributed by atoms with van der Waals surface area (Å²) in [5.74, 6) is -0.928. The van der Waals surface area contributed by atoms with E-state index in [0.717, 1.165) is 18.5 Å². The number of rotatable bonds is 4. The first-order valence-electron chi connectivity index (χ1n) is 6.28. The monoisotopic (exact) mass is 237 g/mol. The van der Waals surface area contributed by atoms with E-state index < -0.39 is 11.6 Å². The van der Waals surface area contributed by atoms with Crippen molar-refractivity contribution in [3.63, 3.8) is 0 Å². The van der Waals surface area contributed by atoms with Crippen LogP contribution in [-0.4, -0.2) is 12.6 Å². The fourth-order valence-corrected chi connectivity index (χ4v) is 2.55. The number of halogens is 2. The molecule has 0 spiro atoms. The van der Waals surface area contributed by atoms with E-state index in [2.05, 4.69) is 12.2 Å². The van der Waals surface area contributed by atoms with Gasteiger partial charge in [-0.15, -0.1) is 0 Å². The fraction of sp³-hybridized carbons (Fsp3) is 0.571. The van der Waals surface area contributed by atoms with E-state index in [4.69, 9.17) is 0 Å². The summed E-state index contributed by atoms with van der Waals surface area (Å²) in [6, 6.07) is 5.02. The van der Waals surface area contributed by atoms with Gasteiger partial charge in [-0.2, -0.15) is 0 Å². The Hall–Kier alpha value is -0.960. The van der Waals surface area contributed by atoms with Gasteiger partial charge >= 0.3 is 0 Å². The van der Waals surface area contributed by atoms with Gasteiger partial charge in [-0.25, -0.2) is 8.78 Å². The minimum Gasteiger partial charge on any atom is -0.314 e. The summed E-state index contributed by atoms with van der Waals surface area (Å²) in [5, 5.41) is 3.50. The highest BCUT2D eigenvalue weighted by molar-refractivity contribution is 5.33. The molecule has 0 aromatic heterocycles. The molecule has 0 saturated heterocycles. The first-order chi connectivity index (χ1) is 8.09. The summed E-state index contributed by atoms with van der Waals surface area (Å²) in [7, 11) is 0. The Bertz CT molecular complexity index is 442. The molecule has 0 heterocycles. The largest absolute Gasteiger partial charge is 0.314 e. The molecule has 2 fully saturated rings. The first-order valence-corrected chi connectivity index (χ1v) is 6.28. The third-order valence-electron chi connectivity index (χ3n) is 4.22. The van der Waals surface area contributed by atoms with Crippen molar-refractivity contribution < 1.29 is 8.78 Å². The van der Waals surface area contributed by atoms with Crippen LogP contribution in [0.4, 0.5) is 8.78 Å². The lowest BCUT2D eigenvalue weighted by Crippen LogP contribution is -2.22. The van der Waals surface area contributed by atoms with Crippen molar-refractivity contribution in [3.8, 4) is 0 Å². The molecule has 1 aromatic carbocycles. The van der Waals surface area contributed by atoms with E-state index in [9.17, 15) is 8.78 Å². The number of hydrogen-bond donors (Lipinski definition) is 1. The average Bonchev–Trinajstić information content (AvgIpc) is 3.17. The maximum absolute atomic E-state index is 13.2. The van der Waals surface area contributed by atoms with Crippen molar-refractivity contribution in [2.75, 3.05) is 6.54 Å². The molecule has 2 aliphatic rings. The van der Waals surface area contributed by atoms with Gasteiger partial charge in [0.15, 0.2) is 11.6 Å². The standard InChI is InChI=1S/C14H17F2N/c1-14(7-10(14)8-17-11-3-4-11)9-2-5-12(15)13(16)6-9/h2,5-6,10-11,17H,3-4,7-8H2,1H3. The number of benzene rings is 1. The highest BCUT2D eigenvalue weighted by Gasteiger charge is 2.51. The van der Waals surface area contributed by atoms with Gasteiger partial charge in [0.25, 0.3) is 0 Å². The Kier molecular flexibility index (Phi) is 2.47. The van der Waals surface area contributed by atoms with E-state index in [1.807, 2.05) is 0 Å². The minimum atomic E-state index is -0.759. The molecular weight excluding hydrogens is 220 g/mol. The second-order valence-electron chi connectivity index (χ2n) is 5.63. The Balaban J connectivity index is 1.68. The smallest absolute Gasteiger partial charge is 0.159 e. The van der Waals surface area contributed by atoms with Crippen LogP contribution < -0.4 is 5.32 Å². The van der Waals surface area contributed by atoms with Crippen molar-refractivity contribution >= 4 is 0 Å². The lowest BCUT2D eigenvalue weighted by atomic mass is 9.95. The van der Waals surface area contributed by atoms with Crippen LogP contribution in [0.1, 0.15) is 31.7 Å². The van der Waals surface area contributed by atoms with Crippen LogP contribution in [0.15, 0.2) is 18.2 Å². The van der Waals surface area contributed by atoms with Crippen molar-refractivity contribution in [1.29, 1.82) is 0 Å². The van der Waals surface area contributed by atoms with E-state index in [1.54, 1.807) is 6.07 Å². The third kappa shape index (κ3) is 2.08. The SMILES string of the molecule is CC1(c2ccc(F)c(F)c2)CC1CNC1CC1. The molecule has 2 saturated carbocycles. The Labute approximate surface area is 100 Å². The van der Waals surface area contributed by atoms with Crippen LogP contribution in [0, 0.1) is 17.6 Å². The predicted octanol–water partition coefficient (Wildman–Crippen LogP) is 2.99. The Morgan fingerprint density at radius 1 is 1.29 bits per heavy atom. The third-order valence-corrected chi connectivity index (χ3v) is 4.22. The quantitative estimate of drug-likeness (QED) is 0.849. The highest BCUT2D eigenvalue weighted by atomic mass is 19.2. The van der Waals surface area contributed by atoms with Crippen molar-refractivity contribution in [1.82, 2.24) is 5.32 Å². The molecule has 1 N–H and O–H groups in total. The molecule has 0 radical (unpaired) electrons. The summed E-state index contributed by atoms with van der Waals surface area (Å²) >= 11 is 0. The van der Waals surface area contributed by atoms with Crippen LogP contribution in [0.3, 0.4) is 0 Å². The molecule has 0 amide bonds. The fourth-order valence-electron chi connectivity index (χ4n) is 2.55. The van der Waals surface area contributed by atoms with Gasteiger partial charge in [0.1, 0.15) is 0 Å². The van der Waals surface area contributed by atoms with Crippen molar-refractivity contribution in [2.45, 2.75) is 37.6 Å². The van der Waals surface area contributed by atoms with E-state index >= 15 is 0 Å². The van der Waals surface area contributed by atoms with E-state index in [-0.39, 0.29) is 5.41 Å². The normalized spacial score (nSPS) is 31.6. The summed E-state index contributed by atoms with van der Waals surface area (Å²) in [6.45, 7) is 3.14. The van der Waals surface area contributed by atoms with Gasteiger partial charge in [0.2, 0.25) is 0 Å². The summed E-state index contributed by atoms with van der Waals surface area (Å²) in [6.07, 6.45) is 3.64. The van der Waals surface area contributed by atoms with Gasteiger partial charge in [0, 0.05) is 6.04 Å². The number of nitrogens with one attached hydrogen (secondary N) is 1. The Morgan fingerprint density at radius 2 is 2.06 bits per heavy atom. The van der Waals surface area contributed by atoms with Gasteiger partial charge in [-0.3, -0.25) is 0 Å². The molecule has 92 valence electrons. The maximum atomic E-state index is 13.2. The van der Waals surface area contributed by atoms with Crippen molar-refractivity contribution in [3.05, 3.63) is 35.4 Å². The van der Waals surface area contributed by atoms with Gasteiger partial charge in [0.05, 0.1) is 0 Å². The zero-order valence-electron chi connectivity index (χ0n) is 9.97. The number of hydrogen-bond acceptors (Lipinski definition) is 1. The lowest BCUT2D eigenvalue weighted by molar-refractivity contribution is 0.502. The minimum absolute atomic E-state index is 0.0381. The molecule has 1 aromatic rings. The van der Waals surface area contributed by atoms with E-state index in [0.29, 0.717) is 12.0 Å². The van der Waals surface area contributed by atoms with Crippen LogP contribution >= 0.6 is 0 Å². The van der Waals surface area contributed by atoms with Gasteiger partial charge < -0.3 is 5.32 Å². The zero-order valence-corrected chi connectivity index (χ0v) is 9.97. The van der Waals surface area contributed by atoms with Crippen LogP contribution in [0.25, 0.3) is 0 Å². The summed E-state index contributed by atoms with van der Waals surface area (Å²) in [4.78, 5) is 0. The second kappa shape index (κ2) is 3.77. The lowest BCUT2D eigenvalue weighted by Gasteiger charge is -2.12. The van der Waals surface area contributed by atoms with Crippen LogP contribution in [0.2, 0.25) is 0 Å². The van der Waals surface area contributed by atoms with Crippen LogP contribution in [0.5, 0.6) is 0 Å². The summed E-state index contributed by atoms with van der Waals surface area (Å²) in [5.41, 5.74) is 0.968. The maximum Gasteiger partial charge on any atom is 0.159 e. The molecule has 0 aliphatic heterocycles. The molecule has 3 rings (SSSR count).